The Balaban J connectivity index is 1.05. The molecule has 5 aliphatic heterocycles. The number of phenolic OH excluding ortho intramolecular Hbond substituents is 2. The SMILES string of the molecule is CCCCCCCCCC(=O)O[C@H](C)[C@H](O)C(=O)[C@@H](OC)[C@@H]1Cc2cc3cc(O[C@H]4C[C@@H](O[C@H]5C[C@@H](O)[C@H](O)[C@@H](C)O5)[C@H](O)[C@@H](C)O4)c(C)c(O)c3c(O)c2C(=O)[C@H]1O[C@H]1C[C@@H](O[C@H]2C[C@@H](O[C@H]3C[C@](C)(O)[C@H](O)[C@@H](C)O3)[C@@H](O)[C@@H](C)O2)[C@H](O)[C@@H](C)O1. The predicted octanol–water partition coefficient (Wildman–Crippen LogP) is 3.44. The van der Waals surface area contributed by atoms with E-state index in [1.807, 2.05) is 0 Å². The number of hydrogen-bond donors (Lipinski definition) is 10. The first-order valence-electron chi connectivity index (χ1n) is 31.0. The van der Waals surface area contributed by atoms with E-state index in [1.165, 1.54) is 40.0 Å². The highest BCUT2D eigenvalue weighted by Gasteiger charge is 2.52. The van der Waals surface area contributed by atoms with Crippen molar-refractivity contribution in [2.45, 2.75) is 299 Å². The summed E-state index contributed by atoms with van der Waals surface area (Å²) < 4.78 is 72.9. The first-order valence-corrected chi connectivity index (χ1v) is 31.0. The summed E-state index contributed by atoms with van der Waals surface area (Å²) in [6.45, 7) is 14.4. The van der Waals surface area contributed by atoms with Crippen LogP contribution in [0.4, 0.5) is 0 Å². The minimum Gasteiger partial charge on any atom is -0.507 e. The number of phenols is 2. The Morgan fingerprint density at radius 3 is 1.75 bits per heavy atom. The number of hydrogen-bond acceptors (Lipinski definition) is 25. The van der Waals surface area contributed by atoms with E-state index in [1.54, 1.807) is 34.6 Å². The highest BCUT2D eigenvalue weighted by Crippen LogP contribution is 2.48. The van der Waals surface area contributed by atoms with Gasteiger partial charge in [0.15, 0.2) is 42.8 Å². The second-order valence-corrected chi connectivity index (χ2v) is 25.0. The minimum atomic E-state index is -1.94. The number of Topliss-reactive ketones (excluding diaryl/α,β-unsaturated/α-hetero) is 2. The molecule has 6 aliphatic rings. The maximum absolute atomic E-state index is 15.3. The van der Waals surface area contributed by atoms with Crippen LogP contribution in [0.3, 0.4) is 0 Å². The van der Waals surface area contributed by atoms with Crippen molar-refractivity contribution in [1.29, 1.82) is 0 Å². The van der Waals surface area contributed by atoms with Crippen LogP contribution in [-0.4, -0.2) is 223 Å². The summed E-state index contributed by atoms with van der Waals surface area (Å²) in [5, 5.41) is 112. The third kappa shape index (κ3) is 15.9. The molecule has 0 radical (unpaired) electrons. The Labute approximate surface area is 507 Å². The van der Waals surface area contributed by atoms with Crippen LogP contribution in [-0.2, 0) is 68.1 Å². The summed E-state index contributed by atoms with van der Waals surface area (Å²) in [7, 11) is 1.20. The first kappa shape index (κ1) is 69.1. The molecule has 0 spiro atoms. The number of aromatic hydroxyl groups is 2. The van der Waals surface area contributed by atoms with E-state index in [2.05, 4.69) is 6.92 Å². The lowest BCUT2D eigenvalue weighted by molar-refractivity contribution is -0.334. The lowest BCUT2D eigenvalue weighted by Crippen LogP contribution is -2.58. The van der Waals surface area contributed by atoms with Gasteiger partial charge in [0.05, 0.1) is 71.5 Å². The van der Waals surface area contributed by atoms with Gasteiger partial charge in [0.25, 0.3) is 0 Å². The normalized spacial score (nSPS) is 38.6. The van der Waals surface area contributed by atoms with Gasteiger partial charge >= 0.3 is 5.97 Å². The van der Waals surface area contributed by atoms with Gasteiger partial charge in [-0.2, -0.15) is 0 Å². The number of aliphatic hydroxyl groups excluding tert-OH is 7. The van der Waals surface area contributed by atoms with Crippen molar-refractivity contribution < 1.29 is 122 Å². The van der Waals surface area contributed by atoms with E-state index in [9.17, 15) is 60.7 Å². The summed E-state index contributed by atoms with van der Waals surface area (Å²) in [6.07, 6.45) is -20.4. The fourth-order valence-corrected chi connectivity index (χ4v) is 12.9. The van der Waals surface area contributed by atoms with Gasteiger partial charge in [-0.15, -0.1) is 0 Å². The smallest absolute Gasteiger partial charge is 0.306 e. The number of benzene rings is 2. The maximum Gasteiger partial charge on any atom is 0.306 e. The van der Waals surface area contributed by atoms with Gasteiger partial charge in [-0.3, -0.25) is 14.4 Å². The van der Waals surface area contributed by atoms with Crippen molar-refractivity contribution in [2.75, 3.05) is 7.11 Å². The molecule has 0 unspecified atom stereocenters. The zero-order valence-electron chi connectivity index (χ0n) is 51.5. The number of unbranched alkanes of at least 4 members (excludes halogenated alkanes) is 6. The number of methoxy groups -OCH3 is 1. The minimum absolute atomic E-state index is 0.0458. The molecule has 1 aliphatic carbocycles. The van der Waals surface area contributed by atoms with Gasteiger partial charge in [0, 0.05) is 57.1 Å². The van der Waals surface area contributed by atoms with Crippen LogP contribution in [0.5, 0.6) is 17.2 Å². The van der Waals surface area contributed by atoms with E-state index >= 15 is 4.79 Å². The van der Waals surface area contributed by atoms with Gasteiger partial charge in [-0.05, 0) is 91.3 Å². The molecule has 5 saturated heterocycles. The predicted molar refractivity (Wildman–Crippen MR) is 305 cm³/mol. The Morgan fingerprint density at radius 2 is 1.18 bits per heavy atom. The highest BCUT2D eigenvalue weighted by molar-refractivity contribution is 6.11. The molecule has 0 saturated carbocycles. The average Bonchev–Trinajstić information content (AvgIpc) is 0.945. The standard InChI is InChI=1S/C62H94O25/c1-11-12-13-14-15-16-17-18-42(64)77-32(7)55(70)58(73)59(76-10)36-20-34-19-35-21-38(83-44-23-39(52(67)29(4)79-44)84-43-22-37(63)51(66)28(3)78-43)27(2)50(65)48(35)56(71)49(34)57(72)60(36)87-46-25-40(53(68)31(6)81-46)85-45-24-41(54(69)30(5)80-45)86-47-26-62(9,75)61(74)33(8)82-47/h19,21,28-33,36-37,39-41,43-47,51-55,59-61,63,65-71,74-75H,11-18,20,22-26H2,1-10H3/t28-,29-,30-,31-,32-,33-,36+,37-,39-,40-,41-,43+,44+,45+,46+,47+,51-,52-,53-,54+,55+,59+,60+,61-,62+/m1/s1. The summed E-state index contributed by atoms with van der Waals surface area (Å²) in [5.74, 6) is -4.72. The van der Waals surface area contributed by atoms with Crippen LogP contribution in [0.25, 0.3) is 10.8 Å². The average molecular weight is 1240 g/mol. The van der Waals surface area contributed by atoms with Crippen molar-refractivity contribution in [1.82, 2.24) is 0 Å². The van der Waals surface area contributed by atoms with E-state index < -0.39 is 182 Å². The zero-order valence-corrected chi connectivity index (χ0v) is 51.5. The van der Waals surface area contributed by atoms with Crippen molar-refractivity contribution >= 4 is 28.3 Å². The molecule has 8 rings (SSSR count). The fraction of sp³-hybridized carbons (Fsp3) is 0.790. The number of rotatable bonds is 24. The fourth-order valence-electron chi connectivity index (χ4n) is 12.9. The van der Waals surface area contributed by atoms with Gasteiger partial charge in [0.1, 0.15) is 66.1 Å². The molecule has 0 aromatic heterocycles. The topological polar surface area (TPSA) is 364 Å². The van der Waals surface area contributed by atoms with Crippen molar-refractivity contribution in [3.63, 3.8) is 0 Å². The number of esters is 1. The molecule has 492 valence electrons. The van der Waals surface area contributed by atoms with Crippen LogP contribution in [0.2, 0.25) is 0 Å². The number of ether oxygens (including phenoxy) is 12. The Kier molecular flexibility index (Phi) is 23.5. The monoisotopic (exact) mass is 1240 g/mol. The summed E-state index contributed by atoms with van der Waals surface area (Å²) >= 11 is 0. The lowest BCUT2D eigenvalue weighted by atomic mass is 9.75. The molecule has 25 atom stereocenters. The maximum atomic E-state index is 15.3. The first-order chi connectivity index (χ1) is 41.1. The second kappa shape index (κ2) is 29.6. The molecule has 25 nitrogen and oxygen atoms in total. The van der Waals surface area contributed by atoms with Crippen LogP contribution in [0.15, 0.2) is 12.1 Å². The molecule has 0 bridgehead atoms. The number of carbonyl (C=O) groups is 3. The van der Waals surface area contributed by atoms with E-state index in [-0.39, 0.29) is 78.2 Å². The van der Waals surface area contributed by atoms with E-state index in [0.717, 1.165) is 38.5 Å². The highest BCUT2D eigenvalue weighted by atomic mass is 16.7. The van der Waals surface area contributed by atoms with Gasteiger partial charge in [0.2, 0.25) is 6.29 Å². The zero-order chi connectivity index (χ0) is 63.5. The molecule has 10 N–H and O–H groups in total. The Hall–Kier alpha value is -3.81. The van der Waals surface area contributed by atoms with E-state index in [0.29, 0.717) is 6.42 Å². The lowest BCUT2D eigenvalue weighted by Gasteiger charge is -2.46. The molecule has 5 fully saturated rings. The van der Waals surface area contributed by atoms with Gasteiger partial charge in [-0.25, -0.2) is 0 Å². The van der Waals surface area contributed by atoms with Crippen LogP contribution in [0.1, 0.15) is 160 Å². The van der Waals surface area contributed by atoms with Gasteiger partial charge in [-0.1, -0.05) is 45.4 Å². The second-order valence-electron chi connectivity index (χ2n) is 25.0. The van der Waals surface area contributed by atoms with Crippen molar-refractivity contribution in [2.24, 2.45) is 5.92 Å². The van der Waals surface area contributed by atoms with Gasteiger partial charge < -0.3 is 108 Å². The molecule has 0 amide bonds. The molecular weight excluding hydrogens is 1140 g/mol. The Morgan fingerprint density at radius 1 is 0.678 bits per heavy atom. The molecule has 2 aromatic carbocycles. The number of carbonyl (C=O) groups excluding carboxylic acids is 3. The van der Waals surface area contributed by atoms with Crippen molar-refractivity contribution in [3.05, 3.63) is 28.8 Å². The van der Waals surface area contributed by atoms with Crippen molar-refractivity contribution in [3.8, 4) is 17.2 Å². The summed E-state index contributed by atoms with van der Waals surface area (Å²) in [5.41, 5.74) is -1.50. The van der Waals surface area contributed by atoms with Crippen LogP contribution in [0, 0.1) is 12.8 Å². The third-order valence-electron chi connectivity index (χ3n) is 18.2. The Bertz CT molecular complexity index is 2620. The number of aliphatic hydroxyl groups is 8. The number of fused-ring (bicyclic) bond motifs is 2. The molecule has 2 aromatic rings. The molecule has 25 heteroatoms. The molecule has 87 heavy (non-hydrogen) atoms. The van der Waals surface area contributed by atoms with Crippen LogP contribution >= 0.6 is 0 Å². The molecular formula is C62H94O25. The summed E-state index contributed by atoms with van der Waals surface area (Å²) in [6, 6.07) is 3.05. The third-order valence-corrected chi connectivity index (χ3v) is 18.2. The van der Waals surface area contributed by atoms with Crippen LogP contribution < -0.4 is 4.74 Å². The summed E-state index contributed by atoms with van der Waals surface area (Å²) in [4.78, 5) is 43.0. The quantitative estimate of drug-likeness (QED) is 0.0531. The molecule has 5 heterocycles. The van der Waals surface area contributed by atoms with E-state index in [4.69, 9.17) is 56.8 Å². The number of ketones is 2. The largest absolute Gasteiger partial charge is 0.507 e.